The van der Waals surface area contributed by atoms with E-state index in [1.165, 1.54) is 32.0 Å². The molecule has 2 N–H and O–H groups in total. The van der Waals surface area contributed by atoms with E-state index in [2.05, 4.69) is 0 Å². The summed E-state index contributed by atoms with van der Waals surface area (Å²) in [4.78, 5) is 35.1. The number of ketones is 1. The van der Waals surface area contributed by atoms with Crippen molar-refractivity contribution in [1.29, 1.82) is 0 Å². The molecule has 3 rings (SSSR count). The topological polar surface area (TPSA) is 113 Å². The molecule has 0 bridgehead atoms. The summed E-state index contributed by atoms with van der Waals surface area (Å²) in [5, 5.41) is 12.6. The van der Waals surface area contributed by atoms with E-state index in [1.807, 2.05) is 12.1 Å². The molecule has 7 nitrogen and oxygen atoms in total. The van der Waals surface area contributed by atoms with Crippen LogP contribution in [0.2, 0.25) is 0 Å². The van der Waals surface area contributed by atoms with E-state index < -0.39 is 22.2 Å². The fourth-order valence-corrected chi connectivity index (χ4v) is 3.29. The molecule has 0 aliphatic heterocycles. The number of nitrogens with zero attached hydrogens (tertiary/aromatic N) is 1. The number of hydrogen-bond acceptors (Lipinski definition) is 6. The van der Waals surface area contributed by atoms with Gasteiger partial charge in [-0.2, -0.15) is 0 Å². The first-order chi connectivity index (χ1) is 13.2. The SMILES string of the molecule is CC(=O)Oc1ccc2ccccc2c1C(N)(C(C)=O)c1cccc([N+](=O)[O-])c1. The number of carbonyl (C=O) groups excluding carboxylic acids is 2. The number of nitrogens with two attached hydrogens (primary N) is 1. The number of benzene rings is 3. The second-order valence-electron chi connectivity index (χ2n) is 6.43. The van der Waals surface area contributed by atoms with Crippen molar-refractivity contribution in [3.05, 3.63) is 81.9 Å². The highest BCUT2D eigenvalue weighted by molar-refractivity contribution is 6.00. The Bertz CT molecular complexity index is 1110. The number of nitro groups is 1. The Morgan fingerprint density at radius 3 is 2.39 bits per heavy atom. The third kappa shape index (κ3) is 3.23. The number of nitro benzene ring substituents is 1. The summed E-state index contributed by atoms with van der Waals surface area (Å²) in [6.45, 7) is 2.55. The van der Waals surface area contributed by atoms with Gasteiger partial charge in [0.2, 0.25) is 0 Å². The molecule has 3 aromatic rings. The quantitative estimate of drug-likeness (QED) is 0.315. The van der Waals surface area contributed by atoms with Crippen LogP contribution < -0.4 is 10.5 Å². The Labute approximate surface area is 160 Å². The Morgan fingerprint density at radius 1 is 1.04 bits per heavy atom. The van der Waals surface area contributed by atoms with Gasteiger partial charge < -0.3 is 10.5 Å². The van der Waals surface area contributed by atoms with Crippen LogP contribution in [0.3, 0.4) is 0 Å². The number of carbonyl (C=O) groups is 2. The van der Waals surface area contributed by atoms with Crippen molar-refractivity contribution in [1.82, 2.24) is 0 Å². The molecule has 28 heavy (non-hydrogen) atoms. The molecule has 0 aromatic heterocycles. The average Bonchev–Trinajstić information content (AvgIpc) is 2.66. The lowest BCUT2D eigenvalue weighted by molar-refractivity contribution is -0.384. The fourth-order valence-electron chi connectivity index (χ4n) is 3.29. The molecule has 142 valence electrons. The summed E-state index contributed by atoms with van der Waals surface area (Å²) in [5.74, 6) is -0.880. The van der Waals surface area contributed by atoms with Gasteiger partial charge in [-0.3, -0.25) is 19.7 Å². The maximum Gasteiger partial charge on any atom is 0.308 e. The van der Waals surface area contributed by atoms with E-state index in [9.17, 15) is 19.7 Å². The van der Waals surface area contributed by atoms with Crippen LogP contribution in [0.1, 0.15) is 25.0 Å². The van der Waals surface area contributed by atoms with Crippen LogP contribution in [0.15, 0.2) is 60.7 Å². The molecule has 0 spiro atoms. The smallest absolute Gasteiger partial charge is 0.308 e. The third-order valence-electron chi connectivity index (χ3n) is 4.61. The minimum absolute atomic E-state index is 0.135. The first-order valence-electron chi connectivity index (χ1n) is 8.50. The predicted octanol–water partition coefficient (Wildman–Crippen LogP) is 3.46. The van der Waals surface area contributed by atoms with Crippen molar-refractivity contribution in [3.63, 3.8) is 0 Å². The molecule has 1 atom stereocenters. The van der Waals surface area contributed by atoms with Gasteiger partial charge in [0.05, 0.1) is 4.92 Å². The van der Waals surface area contributed by atoms with Gasteiger partial charge in [-0.05, 0) is 29.3 Å². The third-order valence-corrected chi connectivity index (χ3v) is 4.61. The molecule has 3 aromatic carbocycles. The number of non-ortho nitro benzene ring substituents is 1. The van der Waals surface area contributed by atoms with Crippen LogP contribution in [-0.4, -0.2) is 16.7 Å². The van der Waals surface area contributed by atoms with E-state index in [-0.39, 0.29) is 22.6 Å². The number of Topliss-reactive ketones (excluding diaryl/α,β-unsaturated/α-hetero) is 1. The molecular weight excluding hydrogens is 360 g/mol. The van der Waals surface area contributed by atoms with Crippen molar-refractivity contribution in [3.8, 4) is 5.75 Å². The molecule has 0 saturated heterocycles. The predicted molar refractivity (Wildman–Crippen MR) is 104 cm³/mol. The van der Waals surface area contributed by atoms with Crippen LogP contribution in [0.4, 0.5) is 5.69 Å². The van der Waals surface area contributed by atoms with E-state index in [0.29, 0.717) is 5.39 Å². The molecule has 0 aliphatic rings. The molecule has 0 fully saturated rings. The van der Waals surface area contributed by atoms with Crippen LogP contribution in [-0.2, 0) is 15.1 Å². The van der Waals surface area contributed by atoms with Crippen molar-refractivity contribution in [2.45, 2.75) is 19.4 Å². The van der Waals surface area contributed by atoms with Crippen LogP contribution in [0.5, 0.6) is 5.75 Å². The van der Waals surface area contributed by atoms with Gasteiger partial charge in [-0.25, -0.2) is 0 Å². The second-order valence-corrected chi connectivity index (χ2v) is 6.43. The van der Waals surface area contributed by atoms with Gasteiger partial charge in [-0.15, -0.1) is 0 Å². The highest BCUT2D eigenvalue weighted by atomic mass is 16.6. The monoisotopic (exact) mass is 378 g/mol. The normalized spacial score (nSPS) is 13.0. The summed E-state index contributed by atoms with van der Waals surface area (Å²) in [7, 11) is 0. The molecule has 7 heteroatoms. The van der Waals surface area contributed by atoms with Gasteiger partial charge >= 0.3 is 5.97 Å². The molecule has 0 aliphatic carbocycles. The molecule has 0 saturated carbocycles. The Balaban J connectivity index is 2.40. The van der Waals surface area contributed by atoms with E-state index in [1.54, 1.807) is 30.3 Å². The van der Waals surface area contributed by atoms with Gasteiger partial charge in [0, 0.05) is 24.6 Å². The first-order valence-corrected chi connectivity index (χ1v) is 8.50. The van der Waals surface area contributed by atoms with Crippen LogP contribution in [0, 0.1) is 10.1 Å². The average molecular weight is 378 g/mol. The Morgan fingerprint density at radius 2 is 1.75 bits per heavy atom. The number of rotatable bonds is 5. The molecule has 0 heterocycles. The lowest BCUT2D eigenvalue weighted by Gasteiger charge is -2.30. The first kappa shape index (κ1) is 19.2. The number of ether oxygens (including phenoxy) is 1. The molecule has 1 unspecified atom stereocenters. The van der Waals surface area contributed by atoms with Gasteiger partial charge in [0.15, 0.2) is 5.78 Å². The standard InChI is InChI=1S/C21H18N2O5/c1-13(24)21(22,16-7-5-8-17(12-16)23(26)27)20-18-9-4-3-6-15(18)10-11-19(20)28-14(2)25/h3-12H,22H2,1-2H3. The van der Waals surface area contributed by atoms with Gasteiger partial charge in [-0.1, -0.05) is 42.5 Å². The maximum atomic E-state index is 12.8. The lowest BCUT2D eigenvalue weighted by Crippen LogP contribution is -2.45. The highest BCUT2D eigenvalue weighted by Gasteiger charge is 2.40. The summed E-state index contributed by atoms with van der Waals surface area (Å²) < 4.78 is 5.34. The number of fused-ring (bicyclic) bond motifs is 1. The zero-order valence-corrected chi connectivity index (χ0v) is 15.3. The van der Waals surface area contributed by atoms with E-state index in [0.717, 1.165) is 5.39 Å². The summed E-state index contributed by atoms with van der Waals surface area (Å²) >= 11 is 0. The van der Waals surface area contributed by atoms with Crippen molar-refractivity contribution in [2.24, 2.45) is 5.73 Å². The van der Waals surface area contributed by atoms with Crippen LogP contribution >= 0.6 is 0 Å². The molecule has 0 amide bonds. The number of hydrogen-bond donors (Lipinski definition) is 1. The van der Waals surface area contributed by atoms with Crippen molar-refractivity contribution < 1.29 is 19.2 Å². The summed E-state index contributed by atoms with van der Waals surface area (Å²) in [6.07, 6.45) is 0. The van der Waals surface area contributed by atoms with Crippen LogP contribution in [0.25, 0.3) is 10.8 Å². The Hall–Kier alpha value is -3.58. The lowest BCUT2D eigenvalue weighted by atomic mass is 9.78. The zero-order chi connectivity index (χ0) is 20.5. The Kier molecular flexibility index (Phi) is 4.94. The van der Waals surface area contributed by atoms with E-state index in [4.69, 9.17) is 10.5 Å². The maximum absolute atomic E-state index is 12.8. The van der Waals surface area contributed by atoms with Crippen molar-refractivity contribution >= 4 is 28.2 Å². The summed E-state index contributed by atoms with van der Waals surface area (Å²) in [5.41, 5.74) is 5.21. The minimum Gasteiger partial charge on any atom is -0.426 e. The van der Waals surface area contributed by atoms with Gasteiger partial charge in [0.25, 0.3) is 5.69 Å². The fraction of sp³-hybridized carbons (Fsp3) is 0.143. The molecule has 0 radical (unpaired) electrons. The summed E-state index contributed by atoms with van der Waals surface area (Å²) in [6, 6.07) is 16.1. The van der Waals surface area contributed by atoms with E-state index >= 15 is 0 Å². The van der Waals surface area contributed by atoms with Gasteiger partial charge in [0.1, 0.15) is 11.3 Å². The van der Waals surface area contributed by atoms with Crippen molar-refractivity contribution in [2.75, 3.05) is 0 Å². The number of esters is 1. The minimum atomic E-state index is -1.75. The molecular formula is C21H18N2O5. The highest BCUT2D eigenvalue weighted by Crippen LogP contribution is 2.40. The second kappa shape index (κ2) is 7.21. The largest absolute Gasteiger partial charge is 0.426 e. The zero-order valence-electron chi connectivity index (χ0n) is 15.3.